The molecule has 0 spiro atoms. The molecular weight excluding hydrogens is 282 g/mol. The predicted octanol–water partition coefficient (Wildman–Crippen LogP) is 2.12. The Balaban J connectivity index is 1.34. The lowest BCUT2D eigenvalue weighted by atomic mass is 9.97. The zero-order valence-electron chi connectivity index (χ0n) is 12.4. The van der Waals surface area contributed by atoms with Gasteiger partial charge in [-0.05, 0) is 51.5 Å². The number of likely N-dealkylation sites (tertiary alicyclic amines) is 1. The molecule has 2 fully saturated rings. The minimum absolute atomic E-state index is 0.186. The first-order chi connectivity index (χ1) is 10.3. The third-order valence-corrected chi connectivity index (χ3v) is 5.94. The van der Waals surface area contributed by atoms with Gasteiger partial charge in [-0.25, -0.2) is 4.98 Å². The van der Waals surface area contributed by atoms with Crippen molar-refractivity contribution in [3.63, 3.8) is 0 Å². The van der Waals surface area contributed by atoms with Crippen molar-refractivity contribution in [1.82, 2.24) is 15.2 Å². The Bertz CT molecular complexity index is 516. The van der Waals surface area contributed by atoms with Crippen LogP contribution in [0.15, 0.2) is 0 Å². The standard InChI is InChI=1S/C16H23N3OS/c20-16(17-12-6-7-12)11-3-2-8-19(9-11)10-15-18-13-4-1-5-14(13)21-15/h11-12H,1-10H2,(H,17,20). The molecule has 1 saturated carbocycles. The van der Waals surface area contributed by atoms with Crippen LogP contribution in [0.1, 0.15) is 47.7 Å². The number of carbonyl (C=O) groups is 1. The third kappa shape index (κ3) is 3.14. The maximum atomic E-state index is 12.2. The van der Waals surface area contributed by atoms with Crippen molar-refractivity contribution in [3.8, 4) is 0 Å². The van der Waals surface area contributed by atoms with E-state index in [2.05, 4.69) is 10.2 Å². The predicted molar refractivity (Wildman–Crippen MR) is 83.3 cm³/mol. The lowest BCUT2D eigenvalue weighted by Gasteiger charge is -2.31. The molecular formula is C16H23N3OS. The van der Waals surface area contributed by atoms with Crippen LogP contribution in [-0.4, -0.2) is 34.9 Å². The number of hydrogen-bond donors (Lipinski definition) is 1. The zero-order valence-corrected chi connectivity index (χ0v) is 13.3. The number of nitrogens with one attached hydrogen (secondary N) is 1. The molecule has 4 nitrogen and oxygen atoms in total. The third-order valence-electron chi connectivity index (χ3n) is 4.80. The molecule has 21 heavy (non-hydrogen) atoms. The molecule has 1 unspecified atom stereocenters. The Morgan fingerprint density at radius 3 is 3.00 bits per heavy atom. The molecule has 1 aliphatic heterocycles. The van der Waals surface area contributed by atoms with E-state index in [1.54, 1.807) is 0 Å². The summed E-state index contributed by atoms with van der Waals surface area (Å²) in [5.74, 6) is 0.468. The number of carbonyl (C=O) groups excluding carboxylic acids is 1. The first-order valence-corrected chi connectivity index (χ1v) is 9.10. The summed E-state index contributed by atoms with van der Waals surface area (Å²) in [5.41, 5.74) is 1.34. The number of nitrogens with zero attached hydrogens (tertiary/aromatic N) is 2. The second kappa shape index (κ2) is 5.69. The largest absolute Gasteiger partial charge is 0.353 e. The molecule has 0 bridgehead atoms. The minimum atomic E-state index is 0.186. The van der Waals surface area contributed by atoms with E-state index in [-0.39, 0.29) is 11.8 Å². The first kappa shape index (κ1) is 13.7. The number of amides is 1. The van der Waals surface area contributed by atoms with E-state index < -0.39 is 0 Å². The van der Waals surface area contributed by atoms with Crippen molar-refractivity contribution >= 4 is 17.2 Å². The molecule has 0 aromatic carbocycles. The Kier molecular flexibility index (Phi) is 3.71. The second-order valence-electron chi connectivity index (χ2n) is 6.69. The lowest BCUT2D eigenvalue weighted by Crippen LogP contribution is -2.43. The summed E-state index contributed by atoms with van der Waals surface area (Å²) >= 11 is 1.89. The molecule has 5 heteroatoms. The maximum absolute atomic E-state index is 12.2. The molecule has 1 atom stereocenters. The minimum Gasteiger partial charge on any atom is -0.353 e. The van der Waals surface area contributed by atoms with E-state index >= 15 is 0 Å². The van der Waals surface area contributed by atoms with Gasteiger partial charge in [0.2, 0.25) is 5.91 Å². The molecule has 4 rings (SSSR count). The van der Waals surface area contributed by atoms with Crippen molar-refractivity contribution in [2.45, 2.75) is 57.5 Å². The number of fused-ring (bicyclic) bond motifs is 1. The van der Waals surface area contributed by atoms with Crippen molar-refractivity contribution in [1.29, 1.82) is 0 Å². The average Bonchev–Trinajstić information content (AvgIpc) is 3.04. The summed E-state index contributed by atoms with van der Waals surface area (Å²) in [6.07, 6.45) is 8.19. The fraction of sp³-hybridized carbons (Fsp3) is 0.750. The van der Waals surface area contributed by atoms with Crippen molar-refractivity contribution in [2.75, 3.05) is 13.1 Å². The molecule has 1 aromatic rings. The molecule has 0 radical (unpaired) electrons. The van der Waals surface area contributed by atoms with Crippen molar-refractivity contribution in [3.05, 3.63) is 15.6 Å². The summed E-state index contributed by atoms with van der Waals surface area (Å²) in [4.78, 5) is 20.9. The van der Waals surface area contributed by atoms with E-state index in [9.17, 15) is 4.79 Å². The normalized spacial score (nSPS) is 25.8. The molecule has 114 valence electrons. The summed E-state index contributed by atoms with van der Waals surface area (Å²) in [7, 11) is 0. The van der Waals surface area contributed by atoms with E-state index in [0.717, 1.165) is 38.9 Å². The molecule has 1 aromatic heterocycles. The van der Waals surface area contributed by atoms with Gasteiger partial charge in [0.25, 0.3) is 0 Å². The first-order valence-electron chi connectivity index (χ1n) is 8.28. The topological polar surface area (TPSA) is 45.2 Å². The van der Waals surface area contributed by atoms with Gasteiger partial charge >= 0.3 is 0 Å². The average molecular weight is 305 g/mol. The van der Waals surface area contributed by atoms with Gasteiger partial charge in [-0.2, -0.15) is 0 Å². The summed E-state index contributed by atoms with van der Waals surface area (Å²) in [6, 6.07) is 0.481. The Labute approximate surface area is 129 Å². The van der Waals surface area contributed by atoms with Crippen LogP contribution in [0, 0.1) is 5.92 Å². The van der Waals surface area contributed by atoms with Crippen LogP contribution in [0.4, 0.5) is 0 Å². The number of rotatable bonds is 4. The van der Waals surface area contributed by atoms with Crippen LogP contribution in [0.2, 0.25) is 0 Å². The van der Waals surface area contributed by atoms with Gasteiger partial charge in [-0.1, -0.05) is 0 Å². The monoisotopic (exact) mass is 305 g/mol. The van der Waals surface area contributed by atoms with E-state index in [1.165, 1.54) is 41.3 Å². The van der Waals surface area contributed by atoms with Gasteiger partial charge in [0.15, 0.2) is 0 Å². The van der Waals surface area contributed by atoms with Crippen LogP contribution >= 0.6 is 11.3 Å². The number of hydrogen-bond acceptors (Lipinski definition) is 4. The summed E-state index contributed by atoms with van der Waals surface area (Å²) in [6.45, 7) is 2.95. The molecule has 1 amide bonds. The van der Waals surface area contributed by atoms with E-state index in [0.29, 0.717) is 6.04 Å². The summed E-state index contributed by atoms with van der Waals surface area (Å²) < 4.78 is 0. The van der Waals surface area contributed by atoms with Crippen molar-refractivity contribution in [2.24, 2.45) is 5.92 Å². The van der Waals surface area contributed by atoms with Crippen LogP contribution in [0.25, 0.3) is 0 Å². The highest BCUT2D eigenvalue weighted by Gasteiger charge is 2.30. The Hall–Kier alpha value is -0.940. The summed E-state index contributed by atoms with van der Waals surface area (Å²) in [5, 5.41) is 4.41. The highest BCUT2D eigenvalue weighted by molar-refractivity contribution is 7.11. The molecule has 3 aliphatic rings. The SMILES string of the molecule is O=C(NC1CC1)C1CCCN(Cc2nc3c(s2)CCC3)C1. The van der Waals surface area contributed by atoms with Gasteiger partial charge in [-0.3, -0.25) is 9.69 Å². The van der Waals surface area contributed by atoms with Gasteiger partial charge < -0.3 is 5.32 Å². The van der Waals surface area contributed by atoms with Gasteiger partial charge in [0.1, 0.15) is 5.01 Å². The molecule has 2 heterocycles. The quantitative estimate of drug-likeness (QED) is 0.927. The van der Waals surface area contributed by atoms with Crippen LogP contribution in [0.5, 0.6) is 0 Å². The highest BCUT2D eigenvalue weighted by atomic mass is 32.1. The Morgan fingerprint density at radius 1 is 1.29 bits per heavy atom. The lowest BCUT2D eigenvalue weighted by molar-refractivity contribution is -0.126. The van der Waals surface area contributed by atoms with E-state index in [1.807, 2.05) is 11.3 Å². The zero-order chi connectivity index (χ0) is 14.2. The number of thiazole rings is 1. The van der Waals surface area contributed by atoms with Crippen molar-refractivity contribution < 1.29 is 4.79 Å². The van der Waals surface area contributed by atoms with Crippen LogP contribution in [0.3, 0.4) is 0 Å². The number of piperidine rings is 1. The van der Waals surface area contributed by atoms with Gasteiger partial charge in [0.05, 0.1) is 18.2 Å². The molecule has 2 aliphatic carbocycles. The fourth-order valence-corrected chi connectivity index (χ4v) is 4.66. The van der Waals surface area contributed by atoms with Crippen LogP contribution < -0.4 is 5.32 Å². The highest BCUT2D eigenvalue weighted by Crippen LogP contribution is 2.29. The second-order valence-corrected chi connectivity index (χ2v) is 7.86. The smallest absolute Gasteiger partial charge is 0.224 e. The fourth-order valence-electron chi connectivity index (χ4n) is 3.46. The molecule has 1 saturated heterocycles. The van der Waals surface area contributed by atoms with Crippen LogP contribution in [-0.2, 0) is 24.2 Å². The van der Waals surface area contributed by atoms with Gasteiger partial charge in [-0.15, -0.1) is 11.3 Å². The number of aromatic nitrogens is 1. The molecule has 1 N–H and O–H groups in total. The Morgan fingerprint density at radius 2 is 2.19 bits per heavy atom. The number of aryl methyl sites for hydroxylation is 2. The van der Waals surface area contributed by atoms with E-state index in [4.69, 9.17) is 4.98 Å². The van der Waals surface area contributed by atoms with Gasteiger partial charge in [0, 0.05) is 17.5 Å². The maximum Gasteiger partial charge on any atom is 0.224 e.